The van der Waals surface area contributed by atoms with E-state index in [-0.39, 0.29) is 22.1 Å². The highest BCUT2D eigenvalue weighted by Gasteiger charge is 2.30. The number of sulfone groups is 1. The molecule has 1 aromatic carbocycles. The zero-order valence-corrected chi connectivity index (χ0v) is 13.7. The van der Waals surface area contributed by atoms with Gasteiger partial charge < -0.3 is 5.32 Å². The maximum Gasteiger partial charge on any atom is 0.180 e. The quantitative estimate of drug-likeness (QED) is 0.819. The molecule has 0 saturated carbocycles. The predicted octanol–water partition coefficient (Wildman–Crippen LogP) is 3.15. The van der Waals surface area contributed by atoms with Crippen LogP contribution in [0.15, 0.2) is 23.1 Å². The monoisotopic (exact) mass is 319 g/mol. The number of hydrogen-bond donors (Lipinski definition) is 1. The molecule has 3 nitrogen and oxygen atoms in total. The lowest BCUT2D eigenvalue weighted by Crippen LogP contribution is -2.45. The van der Waals surface area contributed by atoms with Crippen molar-refractivity contribution in [1.29, 1.82) is 0 Å². The lowest BCUT2D eigenvalue weighted by molar-refractivity contribution is 0.288. The van der Waals surface area contributed by atoms with Crippen molar-refractivity contribution in [2.45, 2.75) is 45.1 Å². The van der Waals surface area contributed by atoms with Gasteiger partial charge in [0.15, 0.2) is 21.5 Å². The van der Waals surface area contributed by atoms with Crippen LogP contribution in [0.3, 0.4) is 0 Å². The Labute approximate surface area is 125 Å². The average molecular weight is 319 g/mol. The van der Waals surface area contributed by atoms with Crippen molar-refractivity contribution in [2.24, 2.45) is 5.41 Å². The average Bonchev–Trinajstić information content (AvgIpc) is 2.36. The van der Waals surface area contributed by atoms with E-state index in [1.807, 2.05) is 27.7 Å². The first-order valence-corrected chi connectivity index (χ1v) is 8.64. The second-order valence-corrected chi connectivity index (χ2v) is 8.26. The van der Waals surface area contributed by atoms with Gasteiger partial charge in [-0.05, 0) is 36.6 Å². The van der Waals surface area contributed by atoms with Crippen LogP contribution in [-0.4, -0.2) is 26.8 Å². The number of halogens is 2. The molecule has 0 fully saturated rings. The summed E-state index contributed by atoms with van der Waals surface area (Å²) in [6.45, 7) is 8.54. The predicted molar refractivity (Wildman–Crippen MR) is 79.9 cm³/mol. The van der Waals surface area contributed by atoms with E-state index in [1.165, 1.54) is 0 Å². The van der Waals surface area contributed by atoms with Gasteiger partial charge in [0.05, 0.1) is 10.6 Å². The van der Waals surface area contributed by atoms with Gasteiger partial charge in [-0.3, -0.25) is 0 Å². The third kappa shape index (κ3) is 5.04. The van der Waals surface area contributed by atoms with E-state index in [1.54, 1.807) is 0 Å². The van der Waals surface area contributed by atoms with Crippen molar-refractivity contribution in [2.75, 3.05) is 12.3 Å². The molecular formula is C15H23F2NO2S. The molecule has 0 saturated heterocycles. The number of rotatable bonds is 6. The van der Waals surface area contributed by atoms with Crippen molar-refractivity contribution >= 4 is 9.84 Å². The van der Waals surface area contributed by atoms with Crippen LogP contribution in [0.2, 0.25) is 0 Å². The summed E-state index contributed by atoms with van der Waals surface area (Å²) >= 11 is 0. The van der Waals surface area contributed by atoms with Crippen molar-refractivity contribution in [1.82, 2.24) is 5.32 Å². The van der Waals surface area contributed by atoms with Crippen LogP contribution in [0.1, 0.15) is 34.1 Å². The minimum atomic E-state index is -3.68. The Hall–Kier alpha value is -1.01. The molecule has 0 spiro atoms. The molecule has 0 amide bonds. The summed E-state index contributed by atoms with van der Waals surface area (Å²) in [5.41, 5.74) is -0.263. The standard InChI is InChI=1S/C15H23F2NO2S/c1-5-8-18-14(15(2,3)4)10-21(19,20)11-6-7-12(16)13(17)9-11/h6-7,9,14,18H,5,8,10H2,1-4H3. The molecule has 6 heteroatoms. The van der Waals surface area contributed by atoms with E-state index < -0.39 is 21.5 Å². The van der Waals surface area contributed by atoms with Crippen LogP contribution in [0.25, 0.3) is 0 Å². The van der Waals surface area contributed by atoms with Gasteiger partial charge in [-0.1, -0.05) is 27.7 Å². The van der Waals surface area contributed by atoms with E-state index in [0.29, 0.717) is 6.54 Å². The van der Waals surface area contributed by atoms with Crippen LogP contribution in [-0.2, 0) is 9.84 Å². The molecule has 1 N–H and O–H groups in total. The summed E-state index contributed by atoms with van der Waals surface area (Å²) in [5.74, 6) is -2.35. The minimum Gasteiger partial charge on any atom is -0.312 e. The molecule has 0 aliphatic heterocycles. The molecule has 0 aliphatic carbocycles. The van der Waals surface area contributed by atoms with Crippen LogP contribution in [0.5, 0.6) is 0 Å². The molecule has 1 aromatic rings. The van der Waals surface area contributed by atoms with E-state index >= 15 is 0 Å². The first-order chi connectivity index (χ1) is 9.58. The van der Waals surface area contributed by atoms with Crippen LogP contribution in [0.4, 0.5) is 8.78 Å². The van der Waals surface area contributed by atoms with Gasteiger partial charge >= 0.3 is 0 Å². The summed E-state index contributed by atoms with van der Waals surface area (Å²) in [4.78, 5) is -0.186. The minimum absolute atomic E-state index is 0.151. The lowest BCUT2D eigenvalue weighted by Gasteiger charge is -2.31. The zero-order chi connectivity index (χ0) is 16.3. The molecule has 1 atom stereocenters. The normalized spacial score (nSPS) is 14.2. The summed E-state index contributed by atoms with van der Waals surface area (Å²) in [6.07, 6.45) is 0.887. The summed E-state index contributed by atoms with van der Waals surface area (Å²) in [5, 5.41) is 3.21. The third-order valence-corrected chi connectivity index (χ3v) is 5.07. The van der Waals surface area contributed by atoms with Crippen LogP contribution < -0.4 is 5.32 Å². The highest BCUT2D eigenvalue weighted by atomic mass is 32.2. The van der Waals surface area contributed by atoms with E-state index in [0.717, 1.165) is 24.6 Å². The SMILES string of the molecule is CCCNC(CS(=O)(=O)c1ccc(F)c(F)c1)C(C)(C)C. The molecule has 120 valence electrons. The Morgan fingerprint density at radius 1 is 1.19 bits per heavy atom. The van der Waals surface area contributed by atoms with Gasteiger partial charge in [-0.2, -0.15) is 0 Å². The first kappa shape index (κ1) is 18.0. The maximum absolute atomic E-state index is 13.2. The van der Waals surface area contributed by atoms with Crippen molar-refractivity contribution in [3.8, 4) is 0 Å². The fourth-order valence-corrected chi connectivity index (χ4v) is 3.73. The molecule has 1 rings (SSSR count). The number of benzene rings is 1. The van der Waals surface area contributed by atoms with Gasteiger partial charge in [0.1, 0.15) is 0 Å². The summed E-state index contributed by atoms with van der Waals surface area (Å²) in [7, 11) is -3.68. The largest absolute Gasteiger partial charge is 0.312 e. The second kappa shape index (κ2) is 6.83. The topological polar surface area (TPSA) is 46.2 Å². The van der Waals surface area contributed by atoms with Crippen molar-refractivity contribution in [3.05, 3.63) is 29.8 Å². The molecule has 0 radical (unpaired) electrons. The van der Waals surface area contributed by atoms with Crippen molar-refractivity contribution in [3.63, 3.8) is 0 Å². The fraction of sp³-hybridized carbons (Fsp3) is 0.600. The highest BCUT2D eigenvalue weighted by Crippen LogP contribution is 2.24. The molecule has 0 aromatic heterocycles. The first-order valence-electron chi connectivity index (χ1n) is 6.99. The Morgan fingerprint density at radius 3 is 2.29 bits per heavy atom. The number of nitrogens with one attached hydrogen (secondary N) is 1. The van der Waals surface area contributed by atoms with Gasteiger partial charge in [-0.15, -0.1) is 0 Å². The van der Waals surface area contributed by atoms with Gasteiger partial charge in [-0.25, -0.2) is 17.2 Å². The van der Waals surface area contributed by atoms with E-state index in [2.05, 4.69) is 5.32 Å². The van der Waals surface area contributed by atoms with Gasteiger partial charge in [0.25, 0.3) is 0 Å². The Morgan fingerprint density at radius 2 is 1.81 bits per heavy atom. The Balaban J connectivity index is 3.02. The Bertz CT molecular complexity index is 580. The number of hydrogen-bond acceptors (Lipinski definition) is 3. The zero-order valence-electron chi connectivity index (χ0n) is 12.9. The maximum atomic E-state index is 13.2. The Kier molecular flexibility index (Phi) is 5.87. The molecule has 21 heavy (non-hydrogen) atoms. The molecule has 0 heterocycles. The fourth-order valence-electron chi connectivity index (χ4n) is 1.92. The van der Waals surface area contributed by atoms with E-state index in [4.69, 9.17) is 0 Å². The molecule has 0 bridgehead atoms. The lowest BCUT2D eigenvalue weighted by atomic mass is 9.88. The highest BCUT2D eigenvalue weighted by molar-refractivity contribution is 7.91. The smallest absolute Gasteiger partial charge is 0.180 e. The summed E-state index contributed by atoms with van der Waals surface area (Å²) in [6, 6.07) is 2.42. The van der Waals surface area contributed by atoms with Crippen molar-refractivity contribution < 1.29 is 17.2 Å². The third-order valence-electron chi connectivity index (χ3n) is 3.32. The van der Waals surface area contributed by atoms with E-state index in [9.17, 15) is 17.2 Å². The van der Waals surface area contributed by atoms with Crippen LogP contribution in [0, 0.1) is 17.0 Å². The summed E-state index contributed by atoms with van der Waals surface area (Å²) < 4.78 is 50.9. The molecule has 0 aliphatic rings. The molecular weight excluding hydrogens is 296 g/mol. The van der Waals surface area contributed by atoms with Gasteiger partial charge in [0.2, 0.25) is 0 Å². The van der Waals surface area contributed by atoms with Gasteiger partial charge in [0, 0.05) is 6.04 Å². The van der Waals surface area contributed by atoms with Crippen LogP contribution >= 0.6 is 0 Å². The molecule has 1 unspecified atom stereocenters. The second-order valence-electron chi connectivity index (χ2n) is 6.23.